The molecule has 0 atom stereocenters. The number of nitrogens with zero attached hydrogens (tertiary/aromatic N) is 2. The third-order valence-electron chi connectivity index (χ3n) is 4.13. The number of halogens is 2. The Morgan fingerprint density at radius 2 is 1.93 bits per heavy atom. The number of ether oxygens (including phenoxy) is 2. The Hall–Kier alpha value is -2.96. The molecule has 0 aliphatic heterocycles. The summed E-state index contributed by atoms with van der Waals surface area (Å²) in [7, 11) is 0. The predicted octanol–water partition coefficient (Wildman–Crippen LogP) is 4.24. The van der Waals surface area contributed by atoms with Crippen LogP contribution in [0, 0.1) is 18.6 Å². The van der Waals surface area contributed by atoms with Crippen molar-refractivity contribution in [2.45, 2.75) is 33.8 Å². The molecule has 0 saturated heterocycles. The van der Waals surface area contributed by atoms with E-state index >= 15 is 0 Å². The second kappa shape index (κ2) is 7.73. The van der Waals surface area contributed by atoms with Gasteiger partial charge in [0.05, 0.1) is 17.9 Å². The Balaban J connectivity index is 2.05. The van der Waals surface area contributed by atoms with Crippen LogP contribution in [0.2, 0.25) is 0 Å². The summed E-state index contributed by atoms with van der Waals surface area (Å²) in [4.78, 5) is 16.9. The first kappa shape index (κ1) is 18.8. The lowest BCUT2D eigenvalue weighted by atomic mass is 10.2. The van der Waals surface area contributed by atoms with Crippen molar-refractivity contribution in [3.8, 4) is 5.75 Å². The first-order chi connectivity index (χ1) is 13.0. The molecule has 0 saturated carbocycles. The van der Waals surface area contributed by atoms with E-state index in [4.69, 9.17) is 9.47 Å². The maximum absolute atomic E-state index is 13.9. The van der Waals surface area contributed by atoms with Crippen molar-refractivity contribution in [3.05, 3.63) is 64.6 Å². The summed E-state index contributed by atoms with van der Waals surface area (Å²) in [5.74, 6) is -1.49. The summed E-state index contributed by atoms with van der Waals surface area (Å²) in [5, 5.41) is 0. The summed E-state index contributed by atoms with van der Waals surface area (Å²) in [6, 6.07) is 5.37. The Bertz CT molecular complexity index is 978. The molecule has 0 bridgehead atoms. The minimum absolute atomic E-state index is 0.162. The van der Waals surface area contributed by atoms with Crippen LogP contribution in [0.4, 0.5) is 8.78 Å². The normalized spacial score (nSPS) is 11.0. The Kier molecular flexibility index (Phi) is 5.39. The highest BCUT2D eigenvalue weighted by Crippen LogP contribution is 2.26. The zero-order valence-electron chi connectivity index (χ0n) is 15.4. The van der Waals surface area contributed by atoms with Gasteiger partial charge in [-0.05, 0) is 44.0 Å². The highest BCUT2D eigenvalue weighted by atomic mass is 19.1. The molecule has 0 N–H and O–H groups in total. The number of pyridine rings is 1. The molecule has 0 aliphatic carbocycles. The van der Waals surface area contributed by atoms with Crippen LogP contribution in [-0.4, -0.2) is 22.0 Å². The zero-order chi connectivity index (χ0) is 19.6. The van der Waals surface area contributed by atoms with Crippen LogP contribution in [0.25, 0.3) is 5.65 Å². The molecule has 3 rings (SSSR count). The number of aryl methyl sites for hydroxylation is 2. The van der Waals surface area contributed by atoms with Crippen LogP contribution in [0.15, 0.2) is 30.5 Å². The number of hydrogen-bond acceptors (Lipinski definition) is 4. The number of carbonyl (C=O) groups is 1. The van der Waals surface area contributed by atoms with Gasteiger partial charge in [0, 0.05) is 6.20 Å². The summed E-state index contributed by atoms with van der Waals surface area (Å²) >= 11 is 0. The molecular weight excluding hydrogens is 354 g/mol. The van der Waals surface area contributed by atoms with E-state index in [1.165, 1.54) is 18.2 Å². The van der Waals surface area contributed by atoms with Gasteiger partial charge in [-0.2, -0.15) is 0 Å². The summed E-state index contributed by atoms with van der Waals surface area (Å²) in [6.45, 7) is 5.40. The molecule has 0 aliphatic rings. The quantitative estimate of drug-likeness (QED) is 0.606. The fourth-order valence-electron chi connectivity index (χ4n) is 2.88. The molecule has 5 nitrogen and oxygen atoms in total. The van der Waals surface area contributed by atoms with Crippen LogP contribution in [0.5, 0.6) is 5.75 Å². The van der Waals surface area contributed by atoms with Crippen molar-refractivity contribution < 1.29 is 23.0 Å². The largest absolute Gasteiger partial charge is 0.485 e. The van der Waals surface area contributed by atoms with Crippen LogP contribution in [0.3, 0.4) is 0 Å². The van der Waals surface area contributed by atoms with E-state index < -0.39 is 17.6 Å². The number of rotatable bonds is 6. The van der Waals surface area contributed by atoms with Gasteiger partial charge in [-0.3, -0.25) is 4.40 Å². The summed E-state index contributed by atoms with van der Waals surface area (Å²) < 4.78 is 40.1. The molecule has 27 heavy (non-hydrogen) atoms. The Morgan fingerprint density at radius 1 is 1.22 bits per heavy atom. The van der Waals surface area contributed by atoms with Gasteiger partial charge in [0.25, 0.3) is 0 Å². The maximum Gasteiger partial charge on any atom is 0.357 e. The lowest BCUT2D eigenvalue weighted by Crippen LogP contribution is -2.11. The number of esters is 1. The minimum atomic E-state index is -0.677. The van der Waals surface area contributed by atoms with E-state index in [1.807, 2.05) is 13.8 Å². The number of aromatic nitrogens is 2. The van der Waals surface area contributed by atoms with Gasteiger partial charge in [0.15, 0.2) is 17.1 Å². The van der Waals surface area contributed by atoms with Gasteiger partial charge in [-0.15, -0.1) is 0 Å². The fourth-order valence-corrected chi connectivity index (χ4v) is 2.88. The topological polar surface area (TPSA) is 52.8 Å². The summed E-state index contributed by atoms with van der Waals surface area (Å²) in [6.07, 6.45) is 2.28. The molecule has 1 aromatic carbocycles. The molecule has 0 amide bonds. The lowest BCUT2D eigenvalue weighted by Gasteiger charge is -2.11. The van der Waals surface area contributed by atoms with Crippen molar-refractivity contribution in [2.75, 3.05) is 6.61 Å². The number of carbonyl (C=O) groups excluding carboxylic acids is 1. The van der Waals surface area contributed by atoms with Gasteiger partial charge >= 0.3 is 5.97 Å². The van der Waals surface area contributed by atoms with E-state index in [0.29, 0.717) is 29.2 Å². The molecule has 3 aromatic rings. The van der Waals surface area contributed by atoms with E-state index in [0.717, 1.165) is 5.56 Å². The van der Waals surface area contributed by atoms with Gasteiger partial charge < -0.3 is 9.47 Å². The van der Waals surface area contributed by atoms with Crippen molar-refractivity contribution in [1.82, 2.24) is 9.38 Å². The molecule has 7 heteroatoms. The first-order valence-corrected chi connectivity index (χ1v) is 8.70. The van der Waals surface area contributed by atoms with E-state index in [9.17, 15) is 13.6 Å². The molecule has 2 aromatic heterocycles. The highest BCUT2D eigenvalue weighted by molar-refractivity contribution is 5.90. The molecule has 142 valence electrons. The van der Waals surface area contributed by atoms with E-state index in [-0.39, 0.29) is 18.8 Å². The molecular formula is C20H20F2N2O3. The number of imidazole rings is 1. The van der Waals surface area contributed by atoms with E-state index in [2.05, 4.69) is 4.98 Å². The highest BCUT2D eigenvalue weighted by Gasteiger charge is 2.22. The van der Waals surface area contributed by atoms with Crippen LogP contribution in [0.1, 0.15) is 41.2 Å². The molecule has 0 unspecified atom stereocenters. The average Bonchev–Trinajstić information content (AvgIpc) is 3.00. The third kappa shape index (κ3) is 3.63. The van der Waals surface area contributed by atoms with Crippen molar-refractivity contribution >= 4 is 11.6 Å². The maximum atomic E-state index is 13.9. The van der Waals surface area contributed by atoms with Crippen LogP contribution < -0.4 is 4.74 Å². The van der Waals surface area contributed by atoms with Crippen molar-refractivity contribution in [2.24, 2.45) is 0 Å². The van der Waals surface area contributed by atoms with Crippen molar-refractivity contribution in [1.29, 1.82) is 0 Å². The third-order valence-corrected chi connectivity index (χ3v) is 4.13. The van der Waals surface area contributed by atoms with Crippen LogP contribution >= 0.6 is 0 Å². The fraction of sp³-hybridized carbons (Fsp3) is 0.300. The lowest BCUT2D eigenvalue weighted by molar-refractivity contribution is 0.0517. The molecule has 0 radical (unpaired) electrons. The SMILES string of the molecule is CCOC(=O)c1c(CC)nc2c(OCc3c(F)cccc3F)cc(C)cn12. The smallest absolute Gasteiger partial charge is 0.357 e. The minimum Gasteiger partial charge on any atom is -0.485 e. The molecule has 0 spiro atoms. The van der Waals surface area contributed by atoms with E-state index in [1.54, 1.807) is 23.6 Å². The van der Waals surface area contributed by atoms with Crippen LogP contribution in [-0.2, 0) is 17.8 Å². The molecule has 2 heterocycles. The van der Waals surface area contributed by atoms with Crippen molar-refractivity contribution in [3.63, 3.8) is 0 Å². The van der Waals surface area contributed by atoms with Gasteiger partial charge in [-0.1, -0.05) is 13.0 Å². The number of hydrogen-bond donors (Lipinski definition) is 0. The Morgan fingerprint density at radius 3 is 2.56 bits per heavy atom. The molecule has 0 fully saturated rings. The standard InChI is InChI=1S/C20H20F2N2O3/c1-4-16-18(20(25)26-5-2)24-10-12(3)9-17(19(24)23-16)27-11-13-14(21)7-6-8-15(13)22/h6-10H,4-5,11H2,1-3H3. The average molecular weight is 374 g/mol. The predicted molar refractivity (Wildman–Crippen MR) is 96.0 cm³/mol. The summed E-state index contributed by atoms with van der Waals surface area (Å²) in [5.41, 5.74) is 1.94. The second-order valence-corrected chi connectivity index (χ2v) is 6.05. The first-order valence-electron chi connectivity index (χ1n) is 8.70. The zero-order valence-corrected chi connectivity index (χ0v) is 15.4. The van der Waals surface area contributed by atoms with Gasteiger partial charge in [-0.25, -0.2) is 18.6 Å². The number of fused-ring (bicyclic) bond motifs is 1. The van der Waals surface area contributed by atoms with Gasteiger partial charge in [0.2, 0.25) is 0 Å². The second-order valence-electron chi connectivity index (χ2n) is 6.05. The van der Waals surface area contributed by atoms with Gasteiger partial charge in [0.1, 0.15) is 18.2 Å². The number of benzene rings is 1. The Labute approximate surface area is 155 Å². The monoisotopic (exact) mass is 374 g/mol.